The van der Waals surface area contributed by atoms with E-state index in [1.54, 1.807) is 24.9 Å². The van der Waals surface area contributed by atoms with Crippen LogP contribution < -0.4 is 0 Å². The molecule has 0 radical (unpaired) electrons. The number of carbonyl (C=O) groups is 1. The highest BCUT2D eigenvalue weighted by Crippen LogP contribution is 2.25. The van der Waals surface area contributed by atoms with Crippen molar-refractivity contribution in [3.63, 3.8) is 0 Å². The van der Waals surface area contributed by atoms with Crippen LogP contribution in [0, 0.1) is 0 Å². The Morgan fingerprint density at radius 1 is 1.29 bits per heavy atom. The van der Waals surface area contributed by atoms with E-state index in [0.29, 0.717) is 12.4 Å². The summed E-state index contributed by atoms with van der Waals surface area (Å²) < 4.78 is 6.49. The summed E-state index contributed by atoms with van der Waals surface area (Å²) in [4.78, 5) is 20.4. The Bertz CT molecular complexity index is 805. The van der Waals surface area contributed by atoms with Gasteiger partial charge in [-0.3, -0.25) is 4.98 Å². The van der Waals surface area contributed by atoms with E-state index in [9.17, 15) is 4.79 Å². The highest BCUT2D eigenvalue weighted by Gasteiger charge is 2.18. The highest BCUT2D eigenvalue weighted by atomic mass is 16.5. The molecule has 0 fully saturated rings. The van der Waals surface area contributed by atoms with Crippen molar-refractivity contribution in [1.29, 1.82) is 0 Å². The summed E-state index contributed by atoms with van der Waals surface area (Å²) in [7, 11) is 1.74. The lowest BCUT2D eigenvalue weighted by atomic mass is 10.1. The number of hydrogen-bond donors (Lipinski definition) is 0. The second kappa shape index (κ2) is 5.32. The van der Waals surface area contributed by atoms with E-state index in [-0.39, 0.29) is 5.82 Å². The smallest absolute Gasteiger partial charge is 0.378 e. The zero-order chi connectivity index (χ0) is 14.8. The van der Waals surface area contributed by atoms with Crippen molar-refractivity contribution in [2.45, 2.75) is 6.92 Å². The highest BCUT2D eigenvalue weighted by molar-refractivity contribution is 5.92. The molecule has 0 aliphatic rings. The van der Waals surface area contributed by atoms with E-state index in [2.05, 4.69) is 15.1 Å². The molecule has 2 heterocycles. The number of fused-ring (bicyclic) bond motifs is 1. The Kier molecular flexibility index (Phi) is 3.35. The maximum Gasteiger partial charge on any atom is 0.378 e. The van der Waals surface area contributed by atoms with Crippen LogP contribution in [-0.2, 0) is 11.8 Å². The molecule has 0 atom stereocenters. The normalized spacial score (nSPS) is 10.8. The van der Waals surface area contributed by atoms with E-state index in [1.807, 2.05) is 30.3 Å². The number of nitrogens with zero attached hydrogens (tertiary/aromatic N) is 4. The predicted octanol–water partition coefficient (Wildman–Crippen LogP) is 2.21. The van der Waals surface area contributed by atoms with Crippen molar-refractivity contribution < 1.29 is 9.53 Å². The second-order valence-corrected chi connectivity index (χ2v) is 4.48. The number of rotatable bonds is 3. The van der Waals surface area contributed by atoms with Gasteiger partial charge >= 0.3 is 5.97 Å². The number of ether oxygens (including phenoxy) is 1. The third-order valence-electron chi connectivity index (χ3n) is 3.09. The number of benzene rings is 1. The first-order chi connectivity index (χ1) is 10.2. The largest absolute Gasteiger partial charge is 0.460 e. The van der Waals surface area contributed by atoms with Crippen LogP contribution in [0.5, 0.6) is 0 Å². The van der Waals surface area contributed by atoms with Crippen LogP contribution in [0.1, 0.15) is 17.5 Å². The topological polar surface area (TPSA) is 69.9 Å². The van der Waals surface area contributed by atoms with Crippen LogP contribution in [0.3, 0.4) is 0 Å². The van der Waals surface area contributed by atoms with E-state index in [4.69, 9.17) is 4.74 Å². The summed E-state index contributed by atoms with van der Waals surface area (Å²) >= 11 is 0. The fraction of sp³-hybridized carbons (Fsp3) is 0.200. The van der Waals surface area contributed by atoms with Gasteiger partial charge in [-0.25, -0.2) is 14.5 Å². The molecule has 6 nitrogen and oxygen atoms in total. The molecule has 2 aromatic heterocycles. The lowest BCUT2D eigenvalue weighted by Gasteiger charge is -2.04. The summed E-state index contributed by atoms with van der Waals surface area (Å²) in [6.45, 7) is 2.04. The van der Waals surface area contributed by atoms with Gasteiger partial charge < -0.3 is 4.74 Å². The summed E-state index contributed by atoms with van der Waals surface area (Å²) in [6, 6.07) is 9.68. The summed E-state index contributed by atoms with van der Waals surface area (Å²) in [5.41, 5.74) is 1.66. The number of hydrogen-bond acceptors (Lipinski definition) is 5. The third-order valence-corrected chi connectivity index (χ3v) is 3.09. The average Bonchev–Trinajstić information content (AvgIpc) is 2.89. The number of esters is 1. The summed E-state index contributed by atoms with van der Waals surface area (Å²) in [6.07, 6.45) is 1.73. The van der Waals surface area contributed by atoms with Crippen LogP contribution in [0.2, 0.25) is 0 Å². The maximum absolute atomic E-state index is 11.7. The molecular formula is C15H14N4O2. The van der Waals surface area contributed by atoms with E-state index in [1.165, 1.54) is 0 Å². The SMILES string of the molecule is CCOC(=O)c1nc(-c2cccc3cccnc23)n(C)n1. The lowest BCUT2D eigenvalue weighted by molar-refractivity contribution is 0.0512. The molecule has 0 N–H and O–H groups in total. The van der Waals surface area contributed by atoms with Gasteiger partial charge in [0.15, 0.2) is 5.82 Å². The summed E-state index contributed by atoms with van der Waals surface area (Å²) in [5, 5.41) is 5.13. The van der Waals surface area contributed by atoms with Crippen LogP contribution >= 0.6 is 0 Å². The Hall–Kier alpha value is -2.76. The van der Waals surface area contributed by atoms with Crippen LogP contribution in [-0.4, -0.2) is 32.3 Å². The second-order valence-electron chi connectivity index (χ2n) is 4.48. The van der Waals surface area contributed by atoms with Crippen LogP contribution in [0.15, 0.2) is 36.5 Å². The van der Waals surface area contributed by atoms with Gasteiger partial charge in [-0.1, -0.05) is 18.2 Å². The monoisotopic (exact) mass is 282 g/mol. The Labute approximate surface area is 121 Å². The van der Waals surface area contributed by atoms with Crippen molar-refractivity contribution >= 4 is 16.9 Å². The van der Waals surface area contributed by atoms with Gasteiger partial charge in [-0.2, -0.15) is 0 Å². The molecule has 0 bridgehead atoms. The van der Waals surface area contributed by atoms with E-state index >= 15 is 0 Å². The van der Waals surface area contributed by atoms with Gasteiger partial charge in [-0.15, -0.1) is 5.10 Å². The number of aryl methyl sites for hydroxylation is 1. The number of para-hydroxylation sites is 1. The van der Waals surface area contributed by atoms with Gasteiger partial charge in [0.25, 0.3) is 5.82 Å². The van der Waals surface area contributed by atoms with Crippen molar-refractivity contribution in [2.24, 2.45) is 7.05 Å². The molecule has 0 aliphatic carbocycles. The van der Waals surface area contributed by atoms with Gasteiger partial charge in [0.2, 0.25) is 0 Å². The van der Waals surface area contributed by atoms with Crippen LogP contribution in [0.25, 0.3) is 22.3 Å². The molecule has 3 aromatic rings. The van der Waals surface area contributed by atoms with Crippen molar-refractivity contribution in [1.82, 2.24) is 19.7 Å². The number of carbonyl (C=O) groups excluding carboxylic acids is 1. The minimum atomic E-state index is -0.521. The minimum absolute atomic E-state index is 0.0577. The number of pyridine rings is 1. The zero-order valence-corrected chi connectivity index (χ0v) is 11.8. The van der Waals surface area contributed by atoms with Crippen molar-refractivity contribution in [3.8, 4) is 11.4 Å². The van der Waals surface area contributed by atoms with Gasteiger partial charge in [0.05, 0.1) is 12.1 Å². The molecule has 1 aromatic carbocycles. The molecular weight excluding hydrogens is 268 g/mol. The first-order valence-corrected chi connectivity index (χ1v) is 6.63. The van der Waals surface area contributed by atoms with Crippen molar-refractivity contribution in [2.75, 3.05) is 6.61 Å². The Morgan fingerprint density at radius 2 is 2.10 bits per heavy atom. The zero-order valence-electron chi connectivity index (χ0n) is 11.8. The van der Waals surface area contributed by atoms with Crippen LogP contribution in [0.4, 0.5) is 0 Å². The minimum Gasteiger partial charge on any atom is -0.460 e. The lowest BCUT2D eigenvalue weighted by Crippen LogP contribution is -2.07. The fourth-order valence-corrected chi connectivity index (χ4v) is 2.19. The molecule has 6 heteroatoms. The van der Waals surface area contributed by atoms with Gasteiger partial charge in [-0.05, 0) is 19.1 Å². The van der Waals surface area contributed by atoms with Crippen molar-refractivity contribution in [3.05, 3.63) is 42.4 Å². The molecule has 21 heavy (non-hydrogen) atoms. The average molecular weight is 282 g/mol. The molecule has 106 valence electrons. The predicted molar refractivity (Wildman–Crippen MR) is 77.7 cm³/mol. The van der Waals surface area contributed by atoms with E-state index < -0.39 is 5.97 Å². The Balaban J connectivity index is 2.13. The molecule has 3 rings (SSSR count). The number of aromatic nitrogens is 4. The molecule has 0 unspecified atom stereocenters. The molecule has 0 saturated carbocycles. The molecule has 0 amide bonds. The first kappa shape index (κ1) is 13.2. The first-order valence-electron chi connectivity index (χ1n) is 6.63. The quantitative estimate of drug-likeness (QED) is 0.689. The summed E-state index contributed by atoms with van der Waals surface area (Å²) in [5.74, 6) is 0.122. The molecule has 0 aliphatic heterocycles. The van der Waals surface area contributed by atoms with Gasteiger partial charge in [0.1, 0.15) is 0 Å². The standard InChI is InChI=1S/C15H14N4O2/c1-3-21-15(20)13-17-14(19(2)18-13)11-8-4-6-10-7-5-9-16-12(10)11/h4-9H,3H2,1-2H3. The van der Waals surface area contributed by atoms with Gasteiger partial charge in [0, 0.05) is 24.2 Å². The molecule has 0 saturated heterocycles. The third kappa shape index (κ3) is 2.35. The Morgan fingerprint density at radius 3 is 2.90 bits per heavy atom. The fourth-order valence-electron chi connectivity index (χ4n) is 2.19. The maximum atomic E-state index is 11.7. The molecule has 0 spiro atoms. The van der Waals surface area contributed by atoms with E-state index in [0.717, 1.165) is 16.5 Å².